The first-order valence-electron chi connectivity index (χ1n) is 13.9. The molecule has 3 nitrogen and oxygen atoms in total. The van der Waals surface area contributed by atoms with Crippen molar-refractivity contribution in [1.29, 1.82) is 0 Å². The lowest BCUT2D eigenvalue weighted by Crippen LogP contribution is -2.31. The first kappa shape index (κ1) is 30.5. The summed E-state index contributed by atoms with van der Waals surface area (Å²) in [6, 6.07) is 32.7. The summed E-state index contributed by atoms with van der Waals surface area (Å²) < 4.78 is 46.9. The van der Waals surface area contributed by atoms with E-state index in [-0.39, 0.29) is 17.5 Å². The summed E-state index contributed by atoms with van der Waals surface area (Å²) in [7, 11) is 0. The maximum absolute atomic E-state index is 13.6. The molecule has 0 saturated heterocycles. The van der Waals surface area contributed by atoms with Crippen molar-refractivity contribution in [3.63, 3.8) is 0 Å². The summed E-state index contributed by atoms with van der Waals surface area (Å²) in [6.07, 6.45) is -3.82. The molecule has 41 heavy (non-hydrogen) atoms. The van der Waals surface area contributed by atoms with Crippen LogP contribution >= 0.6 is 11.6 Å². The quantitative estimate of drug-likeness (QED) is 0.159. The van der Waals surface area contributed by atoms with E-state index in [9.17, 15) is 13.2 Å². The Labute approximate surface area is 245 Å². The highest BCUT2D eigenvalue weighted by molar-refractivity contribution is 6.32. The summed E-state index contributed by atoms with van der Waals surface area (Å²) in [4.78, 5) is 2.17. The predicted molar refractivity (Wildman–Crippen MR) is 162 cm³/mol. The number of nitrogens with one attached hydrogen (secondary N) is 1. The molecule has 0 aliphatic rings. The van der Waals surface area contributed by atoms with Crippen molar-refractivity contribution in [1.82, 2.24) is 4.90 Å². The van der Waals surface area contributed by atoms with E-state index in [4.69, 9.17) is 16.3 Å². The van der Waals surface area contributed by atoms with Crippen LogP contribution in [-0.4, -0.2) is 30.6 Å². The van der Waals surface area contributed by atoms with Gasteiger partial charge in [0.05, 0.1) is 17.2 Å². The Hall–Kier alpha value is -3.48. The van der Waals surface area contributed by atoms with Crippen molar-refractivity contribution in [3.8, 4) is 5.75 Å². The highest BCUT2D eigenvalue weighted by atomic mass is 35.5. The Morgan fingerprint density at radius 3 is 2.07 bits per heavy atom. The van der Waals surface area contributed by atoms with Gasteiger partial charge in [-0.1, -0.05) is 90.5 Å². The van der Waals surface area contributed by atoms with Crippen molar-refractivity contribution in [3.05, 3.63) is 130 Å². The smallest absolute Gasteiger partial charge is 0.417 e. The number of halogens is 4. The van der Waals surface area contributed by atoms with E-state index in [0.29, 0.717) is 37.7 Å². The maximum atomic E-state index is 13.6. The van der Waals surface area contributed by atoms with Gasteiger partial charge in [0.1, 0.15) is 5.75 Å². The van der Waals surface area contributed by atoms with Crippen molar-refractivity contribution < 1.29 is 17.9 Å². The molecule has 4 aromatic rings. The summed E-state index contributed by atoms with van der Waals surface area (Å²) in [5, 5.41) is 3.13. The molecule has 0 spiro atoms. The van der Waals surface area contributed by atoms with Crippen LogP contribution in [-0.2, 0) is 12.7 Å². The lowest BCUT2D eigenvalue weighted by molar-refractivity contribution is -0.137. The van der Waals surface area contributed by atoms with Gasteiger partial charge >= 0.3 is 6.18 Å². The fraction of sp³-hybridized carbons (Fsp3) is 0.294. The Kier molecular flexibility index (Phi) is 10.7. The van der Waals surface area contributed by atoms with Crippen LogP contribution in [0.1, 0.15) is 48.4 Å². The molecule has 0 heterocycles. The zero-order chi connectivity index (χ0) is 29.2. The zero-order valence-corrected chi connectivity index (χ0v) is 24.1. The Morgan fingerprint density at radius 1 is 0.829 bits per heavy atom. The van der Waals surface area contributed by atoms with Gasteiger partial charge in [-0.15, -0.1) is 0 Å². The number of hydrogen-bond donors (Lipinski definition) is 1. The molecule has 0 amide bonds. The van der Waals surface area contributed by atoms with Crippen LogP contribution in [0.25, 0.3) is 0 Å². The number of hydrogen-bond acceptors (Lipinski definition) is 3. The molecule has 0 bridgehead atoms. The summed E-state index contributed by atoms with van der Waals surface area (Å²) >= 11 is 6.32. The first-order valence-corrected chi connectivity index (χ1v) is 14.2. The normalized spacial score (nSPS) is 11.8. The van der Waals surface area contributed by atoms with Gasteiger partial charge in [-0.3, -0.25) is 4.90 Å². The molecule has 0 aliphatic carbocycles. The lowest BCUT2D eigenvalue weighted by atomic mass is 9.90. The molecule has 0 aromatic heterocycles. The standard InChI is InChI=1S/C34H36ClF3N2O/c1-25(2)39-29-17-10-18-30(22-29)41-21-11-20-40(23-28-16-9-19-32(33(28)35)34(36,37)38)24-31(26-12-5-3-6-13-26)27-14-7-4-8-15-27/h3-10,12-19,22,25,31,39H,11,20-21,23-24H2,1-2H3. The van der Waals surface area contributed by atoms with Gasteiger partial charge in [-0.25, -0.2) is 0 Å². The number of benzene rings is 4. The minimum atomic E-state index is -4.51. The van der Waals surface area contributed by atoms with Crippen molar-refractivity contribution in [2.24, 2.45) is 0 Å². The van der Waals surface area contributed by atoms with Gasteiger partial charge in [0.15, 0.2) is 0 Å². The van der Waals surface area contributed by atoms with Gasteiger partial charge in [-0.05, 0) is 55.2 Å². The Balaban J connectivity index is 1.54. The van der Waals surface area contributed by atoms with Gasteiger partial charge in [0, 0.05) is 43.3 Å². The van der Waals surface area contributed by atoms with E-state index in [1.165, 1.54) is 6.07 Å². The van der Waals surface area contributed by atoms with E-state index < -0.39 is 11.7 Å². The average molecular weight is 581 g/mol. The topological polar surface area (TPSA) is 24.5 Å². The maximum Gasteiger partial charge on any atom is 0.417 e. The first-order chi connectivity index (χ1) is 19.7. The Morgan fingerprint density at radius 2 is 1.46 bits per heavy atom. The third-order valence-electron chi connectivity index (χ3n) is 6.80. The van der Waals surface area contributed by atoms with Crippen molar-refractivity contribution >= 4 is 17.3 Å². The molecule has 4 aromatic carbocycles. The third kappa shape index (κ3) is 9.00. The van der Waals surface area contributed by atoms with Crippen molar-refractivity contribution in [2.45, 2.75) is 44.9 Å². The van der Waals surface area contributed by atoms with E-state index in [2.05, 4.69) is 48.3 Å². The lowest BCUT2D eigenvalue weighted by Gasteiger charge is -2.29. The second kappa shape index (κ2) is 14.4. The highest BCUT2D eigenvalue weighted by Gasteiger charge is 2.34. The van der Waals surface area contributed by atoms with E-state index >= 15 is 0 Å². The zero-order valence-electron chi connectivity index (χ0n) is 23.4. The second-order valence-corrected chi connectivity index (χ2v) is 10.8. The highest BCUT2D eigenvalue weighted by Crippen LogP contribution is 2.37. The van der Waals surface area contributed by atoms with Gasteiger partial charge in [0.2, 0.25) is 0 Å². The minimum Gasteiger partial charge on any atom is -0.493 e. The summed E-state index contributed by atoms with van der Waals surface area (Å²) in [5.74, 6) is 0.802. The molecule has 1 N–H and O–H groups in total. The monoisotopic (exact) mass is 580 g/mol. The molecule has 4 rings (SSSR count). The largest absolute Gasteiger partial charge is 0.493 e. The third-order valence-corrected chi connectivity index (χ3v) is 7.25. The molecule has 0 unspecified atom stereocenters. The molecule has 7 heteroatoms. The number of rotatable bonds is 13. The summed E-state index contributed by atoms with van der Waals surface area (Å²) in [6.45, 7) is 6.14. The second-order valence-electron chi connectivity index (χ2n) is 10.4. The number of ether oxygens (including phenoxy) is 1. The number of nitrogens with zero attached hydrogens (tertiary/aromatic N) is 1. The van der Waals surface area contributed by atoms with E-state index in [1.807, 2.05) is 60.7 Å². The molecular weight excluding hydrogens is 545 g/mol. The fourth-order valence-electron chi connectivity index (χ4n) is 4.92. The van der Waals surface area contributed by atoms with E-state index in [0.717, 1.165) is 28.6 Å². The Bertz CT molecular complexity index is 1320. The average Bonchev–Trinajstić information content (AvgIpc) is 2.95. The molecule has 0 fully saturated rings. The summed E-state index contributed by atoms with van der Waals surface area (Å²) in [5.41, 5.74) is 2.92. The molecule has 0 aliphatic heterocycles. The number of anilines is 1. The van der Waals surface area contributed by atoms with E-state index in [1.54, 1.807) is 6.07 Å². The molecule has 0 radical (unpaired) electrons. The van der Waals surface area contributed by atoms with Crippen LogP contribution in [0.3, 0.4) is 0 Å². The number of alkyl halides is 3. The fourth-order valence-corrected chi connectivity index (χ4v) is 5.21. The van der Waals surface area contributed by atoms with Crippen LogP contribution in [0.15, 0.2) is 103 Å². The molecule has 0 atom stereocenters. The molecule has 0 saturated carbocycles. The van der Waals surface area contributed by atoms with Crippen molar-refractivity contribution in [2.75, 3.05) is 25.0 Å². The van der Waals surface area contributed by atoms with Crippen LogP contribution in [0, 0.1) is 0 Å². The predicted octanol–water partition coefficient (Wildman–Crippen LogP) is 9.28. The van der Waals surface area contributed by atoms with Crippen LogP contribution in [0.5, 0.6) is 5.75 Å². The van der Waals surface area contributed by atoms with Gasteiger partial charge in [0.25, 0.3) is 0 Å². The minimum absolute atomic E-state index is 0.0293. The SMILES string of the molecule is CC(C)Nc1cccc(OCCCN(Cc2cccc(C(F)(F)F)c2Cl)CC(c2ccccc2)c2ccccc2)c1. The van der Waals surface area contributed by atoms with Gasteiger partial charge < -0.3 is 10.1 Å². The van der Waals surface area contributed by atoms with Gasteiger partial charge in [-0.2, -0.15) is 13.2 Å². The van der Waals surface area contributed by atoms with Crippen LogP contribution < -0.4 is 10.1 Å². The van der Waals surface area contributed by atoms with Crippen LogP contribution in [0.2, 0.25) is 5.02 Å². The molecule has 216 valence electrons. The molecular formula is C34H36ClF3N2O. The van der Waals surface area contributed by atoms with Crippen LogP contribution in [0.4, 0.5) is 18.9 Å².